The number of fused-ring (bicyclic) bond motifs is 1. The second kappa shape index (κ2) is 9.61. The first-order valence-electron chi connectivity index (χ1n) is 9.94. The van der Waals surface area contributed by atoms with Crippen molar-refractivity contribution in [1.29, 1.82) is 0 Å². The van der Waals surface area contributed by atoms with Crippen molar-refractivity contribution < 1.29 is 18.7 Å². The van der Waals surface area contributed by atoms with Crippen LogP contribution in [0.3, 0.4) is 0 Å². The summed E-state index contributed by atoms with van der Waals surface area (Å²) in [5, 5.41) is 2.95. The van der Waals surface area contributed by atoms with Gasteiger partial charge in [0.15, 0.2) is 17.0 Å². The zero-order chi connectivity index (χ0) is 22.5. The maximum absolute atomic E-state index is 12.3. The van der Waals surface area contributed by atoms with E-state index in [0.29, 0.717) is 17.3 Å². The Labute approximate surface area is 188 Å². The van der Waals surface area contributed by atoms with Gasteiger partial charge in [0.05, 0.1) is 5.75 Å². The number of benzene rings is 2. The summed E-state index contributed by atoms with van der Waals surface area (Å²) >= 11 is 1.50. The van der Waals surface area contributed by atoms with E-state index in [1.54, 1.807) is 31.3 Å². The summed E-state index contributed by atoms with van der Waals surface area (Å²) in [7, 11) is 1.91. The Balaban J connectivity index is 1.27. The molecule has 0 aliphatic carbocycles. The summed E-state index contributed by atoms with van der Waals surface area (Å²) in [6.07, 6.45) is 2.77. The quantitative estimate of drug-likeness (QED) is 0.329. The van der Waals surface area contributed by atoms with Crippen LogP contribution in [0.4, 0.5) is 0 Å². The van der Waals surface area contributed by atoms with Gasteiger partial charge in [-0.15, -0.1) is 0 Å². The maximum Gasteiger partial charge on any atom is 0.305 e. The number of hydrogen-bond donors (Lipinski definition) is 2. The number of thioether (sulfide) groups is 1. The molecule has 0 bridgehead atoms. The lowest BCUT2D eigenvalue weighted by Gasteiger charge is -2.15. The molecule has 0 spiro atoms. The number of hydrazine groups is 1. The Morgan fingerprint density at radius 3 is 2.72 bits per heavy atom. The molecule has 0 radical (unpaired) electrons. The van der Waals surface area contributed by atoms with Crippen molar-refractivity contribution in [1.82, 2.24) is 20.4 Å². The summed E-state index contributed by atoms with van der Waals surface area (Å²) in [4.78, 5) is 28.8. The summed E-state index contributed by atoms with van der Waals surface area (Å²) in [5.74, 6) is 0.791. The highest BCUT2D eigenvalue weighted by molar-refractivity contribution is 7.98. The monoisotopic (exact) mass is 450 g/mol. The molecule has 9 heteroatoms. The summed E-state index contributed by atoms with van der Waals surface area (Å²) < 4.78 is 13.2. The zero-order valence-corrected chi connectivity index (χ0v) is 18.4. The van der Waals surface area contributed by atoms with Crippen LogP contribution in [0.1, 0.15) is 23.2 Å². The number of nitrogens with one attached hydrogen (secondary N) is 2. The average Bonchev–Trinajstić information content (AvgIpc) is 3.44. The van der Waals surface area contributed by atoms with Gasteiger partial charge in [0.25, 0.3) is 5.91 Å². The van der Waals surface area contributed by atoms with E-state index in [1.807, 2.05) is 54.2 Å². The van der Waals surface area contributed by atoms with E-state index in [9.17, 15) is 9.59 Å². The van der Waals surface area contributed by atoms with Gasteiger partial charge in [-0.3, -0.25) is 20.4 Å². The number of imidazole rings is 1. The molecular weight excluding hydrogens is 428 g/mol. The van der Waals surface area contributed by atoms with E-state index >= 15 is 0 Å². The van der Waals surface area contributed by atoms with E-state index in [0.717, 1.165) is 15.9 Å². The van der Waals surface area contributed by atoms with Gasteiger partial charge in [0.2, 0.25) is 0 Å². The molecule has 4 rings (SSSR count). The van der Waals surface area contributed by atoms with Crippen molar-refractivity contribution in [3.63, 3.8) is 0 Å². The Bertz CT molecular complexity index is 1250. The fourth-order valence-corrected chi connectivity index (χ4v) is 3.81. The summed E-state index contributed by atoms with van der Waals surface area (Å²) in [6.45, 7) is 1.61. The number of hydrogen-bond acceptors (Lipinski definition) is 6. The van der Waals surface area contributed by atoms with Crippen molar-refractivity contribution in [2.75, 3.05) is 0 Å². The van der Waals surface area contributed by atoms with Crippen LogP contribution in [0.15, 0.2) is 76.6 Å². The number of aryl methyl sites for hydroxylation is 1. The Kier molecular flexibility index (Phi) is 6.46. The van der Waals surface area contributed by atoms with Gasteiger partial charge in [0, 0.05) is 19.4 Å². The maximum atomic E-state index is 12.3. The van der Waals surface area contributed by atoms with Crippen LogP contribution in [-0.2, 0) is 17.6 Å². The van der Waals surface area contributed by atoms with Crippen molar-refractivity contribution in [2.45, 2.75) is 23.9 Å². The fourth-order valence-electron chi connectivity index (χ4n) is 2.98. The van der Waals surface area contributed by atoms with Crippen LogP contribution in [0.25, 0.3) is 10.8 Å². The van der Waals surface area contributed by atoms with Gasteiger partial charge < -0.3 is 13.7 Å². The molecule has 2 heterocycles. The van der Waals surface area contributed by atoms with Crippen LogP contribution in [0.2, 0.25) is 0 Å². The lowest BCUT2D eigenvalue weighted by atomic mass is 10.1. The smallest absolute Gasteiger partial charge is 0.305 e. The average molecular weight is 451 g/mol. The lowest BCUT2D eigenvalue weighted by molar-refractivity contribution is -0.128. The largest absolute Gasteiger partial charge is 0.481 e. The highest BCUT2D eigenvalue weighted by Crippen LogP contribution is 2.22. The first kappa shape index (κ1) is 21.5. The third-order valence-electron chi connectivity index (χ3n) is 4.71. The minimum absolute atomic E-state index is 0.101. The molecule has 1 unspecified atom stereocenters. The van der Waals surface area contributed by atoms with E-state index in [4.69, 9.17) is 9.15 Å². The molecule has 0 aliphatic rings. The number of rotatable bonds is 7. The number of furan rings is 1. The number of carbonyl (C=O) groups excluding carboxylic acids is 2. The molecular formula is C23H22N4O4S. The van der Waals surface area contributed by atoms with Gasteiger partial charge in [-0.2, -0.15) is 0 Å². The van der Waals surface area contributed by atoms with E-state index in [1.165, 1.54) is 11.8 Å². The SMILES string of the molecule is CC(Oc1ccc2ccccc2c1)C(=O)NNC(=O)c1ccc(CSc2nccn2C)o1. The molecule has 0 saturated heterocycles. The predicted molar refractivity (Wildman–Crippen MR) is 121 cm³/mol. The molecule has 4 aromatic rings. The molecule has 2 aromatic carbocycles. The zero-order valence-electron chi connectivity index (χ0n) is 17.6. The molecule has 2 amide bonds. The molecule has 0 saturated carbocycles. The van der Waals surface area contributed by atoms with E-state index < -0.39 is 17.9 Å². The number of carbonyl (C=O) groups is 2. The van der Waals surface area contributed by atoms with Crippen LogP contribution in [0.5, 0.6) is 5.75 Å². The first-order valence-corrected chi connectivity index (χ1v) is 10.9. The molecule has 0 fully saturated rings. The lowest BCUT2D eigenvalue weighted by Crippen LogP contribution is -2.47. The number of aromatic nitrogens is 2. The standard InChI is InChI=1S/C23H22N4O4S/c1-15(30-18-8-7-16-5-3-4-6-17(16)13-18)21(28)25-26-22(29)20-10-9-19(31-20)14-32-23-24-11-12-27(23)2/h3-13,15H,14H2,1-2H3,(H,25,28)(H,26,29). The molecule has 164 valence electrons. The minimum atomic E-state index is -0.808. The molecule has 1 atom stereocenters. The van der Waals surface area contributed by atoms with Crippen LogP contribution in [0, 0.1) is 0 Å². The molecule has 2 N–H and O–H groups in total. The normalized spacial score (nSPS) is 11.8. The minimum Gasteiger partial charge on any atom is -0.481 e. The summed E-state index contributed by atoms with van der Waals surface area (Å²) in [5.41, 5.74) is 4.72. The third kappa shape index (κ3) is 5.12. The van der Waals surface area contributed by atoms with Crippen LogP contribution < -0.4 is 15.6 Å². The fraction of sp³-hybridized carbons (Fsp3) is 0.174. The summed E-state index contributed by atoms with van der Waals surface area (Å²) in [6, 6.07) is 16.8. The Morgan fingerprint density at radius 1 is 1.12 bits per heavy atom. The van der Waals surface area contributed by atoms with E-state index in [-0.39, 0.29) is 5.76 Å². The second-order valence-electron chi connectivity index (χ2n) is 7.09. The molecule has 8 nitrogen and oxygen atoms in total. The highest BCUT2D eigenvalue weighted by atomic mass is 32.2. The van der Waals surface area contributed by atoms with Gasteiger partial charge in [-0.1, -0.05) is 42.1 Å². The van der Waals surface area contributed by atoms with Crippen molar-refractivity contribution in [2.24, 2.45) is 7.05 Å². The van der Waals surface area contributed by atoms with Crippen molar-refractivity contribution >= 4 is 34.3 Å². The number of ether oxygens (including phenoxy) is 1. The van der Waals surface area contributed by atoms with E-state index in [2.05, 4.69) is 15.8 Å². The predicted octanol–water partition coefficient (Wildman–Crippen LogP) is 3.69. The highest BCUT2D eigenvalue weighted by Gasteiger charge is 2.18. The van der Waals surface area contributed by atoms with Crippen molar-refractivity contribution in [3.8, 4) is 5.75 Å². The van der Waals surface area contributed by atoms with Gasteiger partial charge >= 0.3 is 5.91 Å². The van der Waals surface area contributed by atoms with Gasteiger partial charge in [-0.05, 0) is 42.0 Å². The topological polar surface area (TPSA) is 98.4 Å². The van der Waals surface area contributed by atoms with Crippen LogP contribution in [-0.4, -0.2) is 27.5 Å². The van der Waals surface area contributed by atoms with Gasteiger partial charge in [0.1, 0.15) is 11.5 Å². The molecule has 0 aliphatic heterocycles. The first-order chi connectivity index (χ1) is 15.5. The Hall–Kier alpha value is -3.72. The molecule has 2 aromatic heterocycles. The third-order valence-corrected chi connectivity index (χ3v) is 5.79. The van der Waals surface area contributed by atoms with Crippen molar-refractivity contribution in [3.05, 3.63) is 78.5 Å². The molecule has 32 heavy (non-hydrogen) atoms. The Morgan fingerprint density at radius 2 is 1.94 bits per heavy atom. The number of nitrogens with zero attached hydrogens (tertiary/aromatic N) is 2. The van der Waals surface area contributed by atoms with Crippen LogP contribution >= 0.6 is 11.8 Å². The van der Waals surface area contributed by atoms with Gasteiger partial charge in [-0.25, -0.2) is 4.98 Å². The second-order valence-corrected chi connectivity index (χ2v) is 8.03. The number of amides is 2.